The number of esters is 1. The van der Waals surface area contributed by atoms with Gasteiger partial charge in [0, 0.05) is 11.6 Å². The van der Waals surface area contributed by atoms with Crippen LogP contribution < -0.4 is 10.7 Å². The Hall–Kier alpha value is -2.64. The van der Waals surface area contributed by atoms with Gasteiger partial charge in [-0.15, -0.1) is 0 Å². The van der Waals surface area contributed by atoms with Crippen LogP contribution >= 0.6 is 11.6 Å². The molecule has 0 saturated heterocycles. The van der Waals surface area contributed by atoms with E-state index in [9.17, 15) is 9.59 Å². The Bertz CT molecular complexity index is 888. The van der Waals surface area contributed by atoms with E-state index in [-0.39, 0.29) is 18.0 Å². The van der Waals surface area contributed by atoms with Crippen molar-refractivity contribution in [2.24, 2.45) is 5.10 Å². The lowest BCUT2D eigenvalue weighted by atomic mass is 9.95. The number of hydrogen-bond donors (Lipinski definition) is 2. The molecule has 7 nitrogen and oxygen atoms in total. The summed E-state index contributed by atoms with van der Waals surface area (Å²) in [4.78, 5) is 23.7. The summed E-state index contributed by atoms with van der Waals surface area (Å²) in [6.07, 6.45) is 7.38. The number of hydrogen-bond acceptors (Lipinski definition) is 6. The van der Waals surface area contributed by atoms with Gasteiger partial charge in [-0.25, -0.2) is 10.2 Å². The van der Waals surface area contributed by atoms with Crippen LogP contribution in [0.2, 0.25) is 5.02 Å². The highest BCUT2D eigenvalue weighted by atomic mass is 35.5. The van der Waals surface area contributed by atoms with Gasteiger partial charge in [-0.1, -0.05) is 30.9 Å². The lowest BCUT2D eigenvalue weighted by molar-refractivity contribution is -0.120. The molecule has 1 heterocycles. The van der Waals surface area contributed by atoms with Gasteiger partial charge in [0.15, 0.2) is 0 Å². The first-order chi connectivity index (χ1) is 14.1. The molecule has 2 N–H and O–H groups in total. The van der Waals surface area contributed by atoms with Gasteiger partial charge in [-0.2, -0.15) is 5.10 Å². The minimum absolute atomic E-state index is 0.195. The van der Waals surface area contributed by atoms with Crippen molar-refractivity contribution in [1.29, 1.82) is 0 Å². The normalized spacial score (nSPS) is 14.8. The van der Waals surface area contributed by atoms with Crippen LogP contribution in [0.15, 0.2) is 39.9 Å². The molecule has 0 bridgehead atoms. The second-order valence-corrected chi connectivity index (χ2v) is 7.30. The average Bonchev–Trinajstić information content (AvgIpc) is 3.21. The van der Waals surface area contributed by atoms with E-state index in [0.717, 1.165) is 12.8 Å². The highest BCUT2D eigenvalue weighted by Crippen LogP contribution is 2.27. The number of halogens is 1. The lowest BCUT2D eigenvalue weighted by Crippen LogP contribution is -2.38. The third kappa shape index (κ3) is 5.92. The molecule has 29 heavy (non-hydrogen) atoms. The van der Waals surface area contributed by atoms with Crippen LogP contribution in [0.4, 0.5) is 0 Å². The van der Waals surface area contributed by atoms with Crippen LogP contribution in [0.1, 0.15) is 48.2 Å². The Morgan fingerprint density at radius 3 is 2.79 bits per heavy atom. The zero-order chi connectivity index (χ0) is 20.6. The van der Waals surface area contributed by atoms with Crippen LogP contribution in [0.5, 0.6) is 0 Å². The zero-order valence-electron chi connectivity index (χ0n) is 16.2. The highest BCUT2D eigenvalue weighted by Gasteiger charge is 2.15. The summed E-state index contributed by atoms with van der Waals surface area (Å²) >= 11 is 6.04. The molecule has 3 rings (SSSR count). The summed E-state index contributed by atoms with van der Waals surface area (Å²) < 4.78 is 10.4. The van der Waals surface area contributed by atoms with Crippen molar-refractivity contribution < 1.29 is 18.7 Å². The minimum atomic E-state index is -0.519. The van der Waals surface area contributed by atoms with Gasteiger partial charge in [0.1, 0.15) is 11.5 Å². The van der Waals surface area contributed by atoms with E-state index in [4.69, 9.17) is 20.8 Å². The number of carbonyl (C=O) groups excluding carboxylic acids is 2. The van der Waals surface area contributed by atoms with Crippen molar-refractivity contribution in [3.8, 4) is 11.3 Å². The van der Waals surface area contributed by atoms with Crippen LogP contribution in [0.3, 0.4) is 0 Å². The van der Waals surface area contributed by atoms with Gasteiger partial charge in [0.25, 0.3) is 5.91 Å². The molecule has 1 aliphatic rings. The number of amides is 1. The van der Waals surface area contributed by atoms with Crippen molar-refractivity contribution in [2.45, 2.75) is 38.1 Å². The topological polar surface area (TPSA) is 92.9 Å². The van der Waals surface area contributed by atoms with E-state index in [1.54, 1.807) is 30.3 Å². The summed E-state index contributed by atoms with van der Waals surface area (Å²) in [7, 11) is 1.30. The third-order valence-electron chi connectivity index (χ3n) is 4.82. The Labute approximate surface area is 174 Å². The number of nitrogens with zero attached hydrogens (tertiary/aromatic N) is 1. The predicted octanol–water partition coefficient (Wildman–Crippen LogP) is 3.76. The molecule has 0 atom stereocenters. The van der Waals surface area contributed by atoms with E-state index in [1.165, 1.54) is 32.6 Å². The van der Waals surface area contributed by atoms with Gasteiger partial charge in [-0.3, -0.25) is 4.79 Å². The van der Waals surface area contributed by atoms with Crippen molar-refractivity contribution >= 4 is 29.7 Å². The summed E-state index contributed by atoms with van der Waals surface area (Å²) in [5, 5.41) is 7.50. The van der Waals surface area contributed by atoms with Crippen LogP contribution in [0, 0.1) is 0 Å². The smallest absolute Gasteiger partial charge is 0.339 e. The molecule has 1 aliphatic carbocycles. The first-order valence-electron chi connectivity index (χ1n) is 9.60. The van der Waals surface area contributed by atoms with E-state index < -0.39 is 5.97 Å². The number of methoxy groups -OCH3 is 1. The van der Waals surface area contributed by atoms with Gasteiger partial charge in [-0.05, 0) is 43.2 Å². The summed E-state index contributed by atoms with van der Waals surface area (Å²) in [5.74, 6) is 0.294. The average molecular weight is 418 g/mol. The number of ether oxygens (including phenoxy) is 1. The number of benzene rings is 1. The van der Waals surface area contributed by atoms with E-state index in [0.29, 0.717) is 28.1 Å². The van der Waals surface area contributed by atoms with Crippen molar-refractivity contribution in [3.05, 3.63) is 46.7 Å². The first-order valence-corrected chi connectivity index (χ1v) is 9.98. The fraction of sp³-hybridized carbons (Fsp3) is 0.381. The van der Waals surface area contributed by atoms with Crippen LogP contribution in [-0.4, -0.2) is 37.8 Å². The third-order valence-corrected chi connectivity index (χ3v) is 5.15. The molecule has 0 spiro atoms. The van der Waals surface area contributed by atoms with E-state index in [2.05, 4.69) is 15.8 Å². The molecular formula is C21H24ClN3O4. The van der Waals surface area contributed by atoms with E-state index in [1.807, 2.05) is 0 Å². The quantitative estimate of drug-likeness (QED) is 0.406. The maximum Gasteiger partial charge on any atom is 0.339 e. The molecule has 0 radical (unpaired) electrons. The Morgan fingerprint density at radius 2 is 2.03 bits per heavy atom. The molecule has 1 aromatic carbocycles. The minimum Gasteiger partial charge on any atom is -0.465 e. The van der Waals surface area contributed by atoms with E-state index >= 15 is 0 Å². The molecule has 1 amide bonds. The molecule has 154 valence electrons. The maximum atomic E-state index is 11.9. The fourth-order valence-corrected chi connectivity index (χ4v) is 3.47. The maximum absolute atomic E-state index is 11.9. The number of nitrogens with one attached hydrogen (secondary N) is 2. The number of furan rings is 1. The molecule has 0 aliphatic heterocycles. The van der Waals surface area contributed by atoms with Gasteiger partial charge in [0.05, 0.1) is 30.5 Å². The SMILES string of the molecule is COC(=O)c1cc(-c2ccc(/C=N\NC(=O)CNC3CCCCC3)o2)ccc1Cl. The lowest BCUT2D eigenvalue weighted by Gasteiger charge is -2.22. The second kappa shape index (κ2) is 10.2. The molecule has 1 fully saturated rings. The van der Waals surface area contributed by atoms with Gasteiger partial charge < -0.3 is 14.5 Å². The fourth-order valence-electron chi connectivity index (χ4n) is 3.27. The summed E-state index contributed by atoms with van der Waals surface area (Å²) in [6, 6.07) is 8.84. The second-order valence-electron chi connectivity index (χ2n) is 6.90. The summed E-state index contributed by atoms with van der Waals surface area (Å²) in [6.45, 7) is 0.243. The highest BCUT2D eigenvalue weighted by molar-refractivity contribution is 6.33. The van der Waals surface area contributed by atoms with Crippen LogP contribution in [-0.2, 0) is 9.53 Å². The summed E-state index contributed by atoms with van der Waals surface area (Å²) in [5.41, 5.74) is 3.42. The number of hydrazone groups is 1. The Balaban J connectivity index is 1.54. The predicted molar refractivity (Wildman–Crippen MR) is 111 cm³/mol. The monoisotopic (exact) mass is 417 g/mol. The Kier molecular flexibility index (Phi) is 7.43. The molecule has 8 heteroatoms. The number of rotatable bonds is 7. The molecular weight excluding hydrogens is 394 g/mol. The largest absolute Gasteiger partial charge is 0.465 e. The van der Waals surface area contributed by atoms with Gasteiger partial charge >= 0.3 is 5.97 Å². The van der Waals surface area contributed by atoms with Crippen molar-refractivity contribution in [2.75, 3.05) is 13.7 Å². The molecule has 0 unspecified atom stereocenters. The van der Waals surface area contributed by atoms with Crippen molar-refractivity contribution in [3.63, 3.8) is 0 Å². The molecule has 2 aromatic rings. The first kappa shape index (κ1) is 21.1. The standard InChI is InChI=1S/C21H24ClN3O4/c1-28-21(27)17-11-14(7-9-18(17)22)19-10-8-16(29-19)12-24-25-20(26)13-23-15-5-3-2-4-6-15/h7-12,15,23H,2-6,13H2,1H3,(H,25,26)/b24-12-. The van der Waals surface area contributed by atoms with Gasteiger partial charge in [0.2, 0.25) is 0 Å². The number of carbonyl (C=O) groups is 2. The zero-order valence-corrected chi connectivity index (χ0v) is 17.0. The Morgan fingerprint density at radius 1 is 1.24 bits per heavy atom. The molecule has 1 aromatic heterocycles. The van der Waals surface area contributed by atoms with Crippen molar-refractivity contribution in [1.82, 2.24) is 10.7 Å². The van der Waals surface area contributed by atoms with Crippen LogP contribution in [0.25, 0.3) is 11.3 Å². The molecule has 1 saturated carbocycles.